The fraction of sp³-hybridized carbons (Fsp3) is 0.667. The maximum absolute atomic E-state index is 5.43. The Kier molecular flexibility index (Phi) is 4.32. The smallest absolute Gasteiger partial charge is 0.157 e. The minimum absolute atomic E-state index is 0.700. The Morgan fingerprint density at radius 2 is 2.38 bits per heavy atom. The lowest BCUT2D eigenvalue weighted by atomic mass is 10.5. The summed E-state index contributed by atoms with van der Waals surface area (Å²) in [5, 5.41) is 7.26. The van der Waals surface area contributed by atoms with Gasteiger partial charge in [-0.2, -0.15) is 5.10 Å². The van der Waals surface area contributed by atoms with Crippen molar-refractivity contribution < 1.29 is 4.74 Å². The monoisotopic (exact) mass is 183 g/mol. The van der Waals surface area contributed by atoms with E-state index in [-0.39, 0.29) is 0 Å². The normalized spacial score (nSPS) is 10.3. The van der Waals surface area contributed by atoms with E-state index in [2.05, 4.69) is 17.3 Å². The van der Waals surface area contributed by atoms with Crippen molar-refractivity contribution in [1.82, 2.24) is 15.1 Å². The molecule has 0 radical (unpaired) electrons. The van der Waals surface area contributed by atoms with Gasteiger partial charge in [-0.25, -0.2) is 0 Å². The molecule has 1 heterocycles. The summed E-state index contributed by atoms with van der Waals surface area (Å²) in [6, 6.07) is 0. The van der Waals surface area contributed by atoms with Crippen LogP contribution in [0.1, 0.15) is 13.3 Å². The standard InChI is InChI=1S/C9H17N3O/c1-3-4-10-5-6-13-9-7-11-12(2)8-9/h7-8,10H,3-6H2,1-2H3. The van der Waals surface area contributed by atoms with Crippen LogP contribution in [0.3, 0.4) is 0 Å². The topological polar surface area (TPSA) is 39.1 Å². The van der Waals surface area contributed by atoms with Crippen molar-refractivity contribution in [3.05, 3.63) is 12.4 Å². The molecule has 0 saturated carbocycles. The van der Waals surface area contributed by atoms with Crippen LogP contribution in [0.2, 0.25) is 0 Å². The van der Waals surface area contributed by atoms with Crippen LogP contribution >= 0.6 is 0 Å². The van der Waals surface area contributed by atoms with E-state index in [4.69, 9.17) is 4.74 Å². The molecule has 1 aromatic heterocycles. The highest BCUT2D eigenvalue weighted by Gasteiger charge is 1.94. The molecule has 13 heavy (non-hydrogen) atoms. The van der Waals surface area contributed by atoms with Gasteiger partial charge in [-0.15, -0.1) is 0 Å². The number of aryl methyl sites for hydroxylation is 1. The first-order valence-electron chi connectivity index (χ1n) is 4.65. The number of nitrogens with one attached hydrogen (secondary N) is 1. The highest BCUT2D eigenvalue weighted by Crippen LogP contribution is 2.05. The van der Waals surface area contributed by atoms with Crippen LogP contribution < -0.4 is 10.1 Å². The summed E-state index contributed by atoms with van der Waals surface area (Å²) in [6.45, 7) is 4.79. The first-order chi connectivity index (χ1) is 6.33. The summed E-state index contributed by atoms with van der Waals surface area (Å²) in [4.78, 5) is 0. The van der Waals surface area contributed by atoms with Gasteiger partial charge in [0.25, 0.3) is 0 Å². The fourth-order valence-electron chi connectivity index (χ4n) is 1.02. The van der Waals surface area contributed by atoms with Crippen LogP contribution in [0, 0.1) is 0 Å². The second kappa shape index (κ2) is 5.59. The van der Waals surface area contributed by atoms with Crippen LogP contribution in [-0.2, 0) is 7.05 Å². The van der Waals surface area contributed by atoms with Gasteiger partial charge in [0.2, 0.25) is 0 Å². The molecule has 0 bridgehead atoms. The third-order valence-electron chi connectivity index (χ3n) is 1.66. The van der Waals surface area contributed by atoms with E-state index in [1.54, 1.807) is 10.9 Å². The van der Waals surface area contributed by atoms with Gasteiger partial charge in [0.15, 0.2) is 5.75 Å². The van der Waals surface area contributed by atoms with Gasteiger partial charge in [-0.1, -0.05) is 6.92 Å². The third kappa shape index (κ3) is 3.94. The summed E-state index contributed by atoms with van der Waals surface area (Å²) < 4.78 is 7.16. The molecule has 0 aromatic carbocycles. The SMILES string of the molecule is CCCNCCOc1cnn(C)c1. The van der Waals surface area contributed by atoms with Crippen LogP contribution in [0.25, 0.3) is 0 Å². The lowest BCUT2D eigenvalue weighted by Gasteiger charge is -2.03. The van der Waals surface area contributed by atoms with Gasteiger partial charge in [-0.3, -0.25) is 4.68 Å². The summed E-state index contributed by atoms with van der Waals surface area (Å²) >= 11 is 0. The number of hydrogen-bond acceptors (Lipinski definition) is 3. The Morgan fingerprint density at radius 1 is 1.54 bits per heavy atom. The van der Waals surface area contributed by atoms with Crippen molar-refractivity contribution >= 4 is 0 Å². The predicted molar refractivity (Wildman–Crippen MR) is 51.9 cm³/mol. The Hall–Kier alpha value is -1.03. The molecule has 4 heteroatoms. The molecule has 1 aromatic rings. The van der Waals surface area contributed by atoms with Crippen LogP contribution in [0.15, 0.2) is 12.4 Å². The average Bonchev–Trinajstić information content (AvgIpc) is 2.51. The van der Waals surface area contributed by atoms with E-state index < -0.39 is 0 Å². The van der Waals surface area contributed by atoms with Gasteiger partial charge in [0.1, 0.15) is 6.61 Å². The Bertz CT molecular complexity index is 235. The molecule has 0 fully saturated rings. The van der Waals surface area contributed by atoms with E-state index in [1.807, 2.05) is 13.2 Å². The maximum Gasteiger partial charge on any atom is 0.157 e. The molecular formula is C9H17N3O. The zero-order chi connectivity index (χ0) is 9.52. The highest BCUT2D eigenvalue weighted by molar-refractivity contribution is 5.11. The van der Waals surface area contributed by atoms with Crippen LogP contribution in [0.4, 0.5) is 0 Å². The molecule has 74 valence electrons. The zero-order valence-corrected chi connectivity index (χ0v) is 8.29. The van der Waals surface area contributed by atoms with Crippen molar-refractivity contribution in [3.8, 4) is 5.75 Å². The van der Waals surface area contributed by atoms with Crippen LogP contribution in [-0.4, -0.2) is 29.5 Å². The summed E-state index contributed by atoms with van der Waals surface area (Å²) in [5.41, 5.74) is 0. The molecule has 0 atom stereocenters. The predicted octanol–water partition coefficient (Wildman–Crippen LogP) is 0.798. The molecule has 0 amide bonds. The van der Waals surface area contributed by atoms with Crippen molar-refractivity contribution in [1.29, 1.82) is 0 Å². The average molecular weight is 183 g/mol. The maximum atomic E-state index is 5.43. The molecule has 0 aliphatic heterocycles. The van der Waals surface area contributed by atoms with Crippen LogP contribution in [0.5, 0.6) is 5.75 Å². The molecule has 0 aliphatic carbocycles. The zero-order valence-electron chi connectivity index (χ0n) is 8.29. The van der Waals surface area contributed by atoms with Gasteiger partial charge in [0, 0.05) is 13.6 Å². The Labute approximate surface area is 78.9 Å². The number of ether oxygens (including phenoxy) is 1. The van der Waals surface area contributed by atoms with Gasteiger partial charge in [-0.05, 0) is 13.0 Å². The second-order valence-corrected chi connectivity index (χ2v) is 2.95. The summed E-state index contributed by atoms with van der Waals surface area (Å²) in [5.74, 6) is 0.834. The summed E-state index contributed by atoms with van der Waals surface area (Å²) in [7, 11) is 1.88. The Morgan fingerprint density at radius 3 is 3.00 bits per heavy atom. The first-order valence-corrected chi connectivity index (χ1v) is 4.65. The number of aromatic nitrogens is 2. The largest absolute Gasteiger partial charge is 0.489 e. The lowest BCUT2D eigenvalue weighted by molar-refractivity contribution is 0.314. The first kappa shape index (κ1) is 10.1. The molecule has 1 N–H and O–H groups in total. The number of hydrogen-bond donors (Lipinski definition) is 1. The van der Waals surface area contributed by atoms with Crippen molar-refractivity contribution in [2.45, 2.75) is 13.3 Å². The quantitative estimate of drug-likeness (QED) is 0.663. The van der Waals surface area contributed by atoms with E-state index in [9.17, 15) is 0 Å². The molecule has 0 spiro atoms. The second-order valence-electron chi connectivity index (χ2n) is 2.95. The summed E-state index contributed by atoms with van der Waals surface area (Å²) in [6.07, 6.45) is 4.74. The van der Waals surface area contributed by atoms with Gasteiger partial charge < -0.3 is 10.1 Å². The molecule has 1 rings (SSSR count). The third-order valence-corrected chi connectivity index (χ3v) is 1.66. The molecule has 0 unspecified atom stereocenters. The lowest BCUT2D eigenvalue weighted by Crippen LogP contribution is -2.21. The number of nitrogens with zero attached hydrogens (tertiary/aromatic N) is 2. The van der Waals surface area contributed by atoms with E-state index in [0.717, 1.165) is 25.3 Å². The Balaban J connectivity index is 2.06. The van der Waals surface area contributed by atoms with Crippen molar-refractivity contribution in [2.24, 2.45) is 7.05 Å². The molecule has 0 saturated heterocycles. The molecular weight excluding hydrogens is 166 g/mol. The number of rotatable bonds is 6. The van der Waals surface area contributed by atoms with Gasteiger partial charge in [0.05, 0.1) is 12.4 Å². The highest BCUT2D eigenvalue weighted by atomic mass is 16.5. The minimum Gasteiger partial charge on any atom is -0.489 e. The molecule has 4 nitrogen and oxygen atoms in total. The fourth-order valence-corrected chi connectivity index (χ4v) is 1.02. The van der Waals surface area contributed by atoms with Crippen molar-refractivity contribution in [3.63, 3.8) is 0 Å². The van der Waals surface area contributed by atoms with Gasteiger partial charge >= 0.3 is 0 Å². The van der Waals surface area contributed by atoms with E-state index in [0.29, 0.717) is 6.61 Å². The van der Waals surface area contributed by atoms with E-state index in [1.165, 1.54) is 0 Å². The minimum atomic E-state index is 0.700. The molecule has 0 aliphatic rings. The van der Waals surface area contributed by atoms with Crippen molar-refractivity contribution in [2.75, 3.05) is 19.7 Å². The van der Waals surface area contributed by atoms with E-state index >= 15 is 0 Å².